The molecule has 0 aromatic rings. The van der Waals surface area contributed by atoms with Crippen LogP contribution in [0.4, 0.5) is 0 Å². The van der Waals surface area contributed by atoms with Gasteiger partial charge in [0.1, 0.15) is 0 Å². The summed E-state index contributed by atoms with van der Waals surface area (Å²) < 4.78 is 0. The first-order valence-electron chi connectivity index (χ1n) is 6.53. The van der Waals surface area contributed by atoms with Gasteiger partial charge in [-0.05, 0) is 37.6 Å². The maximum Gasteiger partial charge on any atom is 0.0304 e. The van der Waals surface area contributed by atoms with Crippen molar-refractivity contribution >= 4 is 0 Å². The summed E-state index contributed by atoms with van der Waals surface area (Å²) in [5.74, 6) is 1.60. The fourth-order valence-electron chi connectivity index (χ4n) is 2.45. The summed E-state index contributed by atoms with van der Waals surface area (Å²) >= 11 is 0. The number of hydrogen-bond acceptors (Lipinski definition) is 2. The van der Waals surface area contributed by atoms with Crippen LogP contribution in [0.5, 0.6) is 0 Å². The van der Waals surface area contributed by atoms with Crippen molar-refractivity contribution < 1.29 is 0 Å². The topological polar surface area (TPSA) is 38.0 Å². The van der Waals surface area contributed by atoms with E-state index in [9.17, 15) is 0 Å². The Morgan fingerprint density at radius 3 is 2.67 bits per heavy atom. The minimum absolute atomic E-state index is 0.245. The highest BCUT2D eigenvalue weighted by molar-refractivity contribution is 4.91. The molecule has 0 saturated heterocycles. The minimum Gasteiger partial charge on any atom is -0.329 e. The van der Waals surface area contributed by atoms with Gasteiger partial charge in [-0.25, -0.2) is 0 Å². The molecule has 0 bridgehead atoms. The van der Waals surface area contributed by atoms with E-state index >= 15 is 0 Å². The van der Waals surface area contributed by atoms with Crippen LogP contribution in [0, 0.1) is 11.8 Å². The van der Waals surface area contributed by atoms with Crippen LogP contribution in [0.15, 0.2) is 0 Å². The molecule has 3 N–H and O–H groups in total. The summed E-state index contributed by atoms with van der Waals surface area (Å²) in [5.41, 5.74) is 6.22. The van der Waals surface area contributed by atoms with Crippen molar-refractivity contribution in [2.24, 2.45) is 17.6 Å². The minimum atomic E-state index is 0.245. The molecule has 2 atom stereocenters. The van der Waals surface area contributed by atoms with Crippen LogP contribution >= 0.6 is 0 Å². The summed E-state index contributed by atoms with van der Waals surface area (Å²) in [6, 6.07) is 0. The van der Waals surface area contributed by atoms with Gasteiger partial charge in [-0.1, -0.05) is 33.6 Å². The lowest BCUT2D eigenvalue weighted by Crippen LogP contribution is -2.52. The summed E-state index contributed by atoms with van der Waals surface area (Å²) in [6.07, 6.45) is 6.58. The Bertz CT molecular complexity index is 179. The van der Waals surface area contributed by atoms with Crippen LogP contribution < -0.4 is 11.1 Å². The molecule has 1 fully saturated rings. The highest BCUT2D eigenvalue weighted by Gasteiger charge is 2.30. The van der Waals surface area contributed by atoms with E-state index < -0.39 is 0 Å². The molecule has 2 unspecified atom stereocenters. The highest BCUT2D eigenvalue weighted by atomic mass is 15.0. The highest BCUT2D eigenvalue weighted by Crippen LogP contribution is 2.29. The largest absolute Gasteiger partial charge is 0.329 e. The molecule has 1 rings (SSSR count). The Morgan fingerprint density at radius 1 is 1.33 bits per heavy atom. The van der Waals surface area contributed by atoms with E-state index in [1.807, 2.05) is 0 Å². The summed E-state index contributed by atoms with van der Waals surface area (Å²) in [7, 11) is 0. The molecule has 0 amide bonds. The molecule has 15 heavy (non-hydrogen) atoms. The predicted octanol–water partition coefficient (Wildman–Crippen LogP) is 2.53. The number of nitrogens with one attached hydrogen (secondary N) is 1. The van der Waals surface area contributed by atoms with E-state index in [1.165, 1.54) is 32.1 Å². The van der Waals surface area contributed by atoms with Crippen LogP contribution in [0.2, 0.25) is 0 Å². The molecule has 0 aliphatic heterocycles. The molecule has 0 aromatic carbocycles. The summed E-state index contributed by atoms with van der Waals surface area (Å²) in [4.78, 5) is 0. The first-order chi connectivity index (χ1) is 7.08. The van der Waals surface area contributed by atoms with Gasteiger partial charge in [-0.2, -0.15) is 0 Å². The van der Waals surface area contributed by atoms with Crippen molar-refractivity contribution in [2.45, 2.75) is 58.4 Å². The van der Waals surface area contributed by atoms with Crippen LogP contribution in [-0.2, 0) is 0 Å². The monoisotopic (exact) mass is 212 g/mol. The van der Waals surface area contributed by atoms with Gasteiger partial charge in [0.15, 0.2) is 0 Å². The SMILES string of the molecule is CC(C)CNC1(CN)CCCC(C)CC1. The van der Waals surface area contributed by atoms with Crippen LogP contribution in [-0.4, -0.2) is 18.6 Å². The molecule has 1 aliphatic rings. The van der Waals surface area contributed by atoms with Crippen molar-refractivity contribution in [3.8, 4) is 0 Å². The predicted molar refractivity (Wildman–Crippen MR) is 66.9 cm³/mol. The third-order valence-electron chi connectivity index (χ3n) is 3.74. The summed E-state index contributed by atoms with van der Waals surface area (Å²) in [5, 5.41) is 3.72. The molecular formula is C13H28N2. The van der Waals surface area contributed by atoms with E-state index in [0.717, 1.165) is 19.0 Å². The fourth-order valence-corrected chi connectivity index (χ4v) is 2.45. The first-order valence-corrected chi connectivity index (χ1v) is 6.53. The third-order valence-corrected chi connectivity index (χ3v) is 3.74. The molecule has 1 saturated carbocycles. The van der Waals surface area contributed by atoms with E-state index in [1.54, 1.807) is 0 Å². The Labute approximate surface area is 95.0 Å². The molecule has 90 valence electrons. The molecule has 0 heterocycles. The zero-order valence-corrected chi connectivity index (χ0v) is 10.7. The smallest absolute Gasteiger partial charge is 0.0304 e. The zero-order valence-electron chi connectivity index (χ0n) is 10.7. The number of hydrogen-bond donors (Lipinski definition) is 2. The fraction of sp³-hybridized carbons (Fsp3) is 1.00. The second-order valence-electron chi connectivity index (χ2n) is 5.80. The average molecular weight is 212 g/mol. The second-order valence-corrected chi connectivity index (χ2v) is 5.80. The van der Waals surface area contributed by atoms with E-state index in [2.05, 4.69) is 26.1 Å². The van der Waals surface area contributed by atoms with Gasteiger partial charge in [0.05, 0.1) is 0 Å². The molecule has 2 nitrogen and oxygen atoms in total. The molecule has 0 radical (unpaired) electrons. The van der Waals surface area contributed by atoms with E-state index in [4.69, 9.17) is 5.73 Å². The van der Waals surface area contributed by atoms with Gasteiger partial charge in [-0.15, -0.1) is 0 Å². The van der Waals surface area contributed by atoms with E-state index in [-0.39, 0.29) is 5.54 Å². The van der Waals surface area contributed by atoms with Gasteiger partial charge >= 0.3 is 0 Å². The Kier molecular flexibility index (Phi) is 5.07. The molecule has 0 spiro atoms. The normalized spacial score (nSPS) is 33.0. The van der Waals surface area contributed by atoms with Crippen molar-refractivity contribution in [3.63, 3.8) is 0 Å². The Hall–Kier alpha value is -0.0800. The second kappa shape index (κ2) is 5.86. The van der Waals surface area contributed by atoms with Crippen molar-refractivity contribution in [3.05, 3.63) is 0 Å². The quantitative estimate of drug-likeness (QED) is 0.703. The van der Waals surface area contributed by atoms with Gasteiger partial charge in [-0.3, -0.25) is 0 Å². The molecule has 2 heteroatoms. The molecule has 1 aliphatic carbocycles. The van der Waals surface area contributed by atoms with Crippen LogP contribution in [0.3, 0.4) is 0 Å². The van der Waals surface area contributed by atoms with Gasteiger partial charge in [0, 0.05) is 12.1 Å². The standard InChI is InChI=1S/C13H28N2/c1-11(2)9-15-13(10-14)7-4-5-12(3)6-8-13/h11-12,15H,4-10,14H2,1-3H3. The lowest BCUT2D eigenvalue weighted by atomic mass is 9.89. The third kappa shape index (κ3) is 4.12. The van der Waals surface area contributed by atoms with Gasteiger partial charge < -0.3 is 11.1 Å². The van der Waals surface area contributed by atoms with Crippen LogP contribution in [0.25, 0.3) is 0 Å². The maximum atomic E-state index is 5.98. The van der Waals surface area contributed by atoms with Crippen LogP contribution in [0.1, 0.15) is 52.9 Å². The van der Waals surface area contributed by atoms with Crippen molar-refractivity contribution in [1.29, 1.82) is 0 Å². The number of nitrogens with two attached hydrogens (primary N) is 1. The first kappa shape index (κ1) is 13.0. The van der Waals surface area contributed by atoms with Crippen molar-refractivity contribution in [1.82, 2.24) is 5.32 Å². The average Bonchev–Trinajstić information content (AvgIpc) is 2.39. The molecule has 0 aromatic heterocycles. The lowest BCUT2D eigenvalue weighted by molar-refractivity contribution is 0.277. The number of rotatable bonds is 4. The van der Waals surface area contributed by atoms with E-state index in [0.29, 0.717) is 5.92 Å². The van der Waals surface area contributed by atoms with Gasteiger partial charge in [0.25, 0.3) is 0 Å². The Balaban J connectivity index is 2.50. The maximum absolute atomic E-state index is 5.98. The Morgan fingerprint density at radius 2 is 2.07 bits per heavy atom. The molecular weight excluding hydrogens is 184 g/mol. The van der Waals surface area contributed by atoms with Gasteiger partial charge in [0.2, 0.25) is 0 Å². The summed E-state index contributed by atoms with van der Waals surface area (Å²) in [6.45, 7) is 8.79. The van der Waals surface area contributed by atoms with Crippen molar-refractivity contribution in [2.75, 3.05) is 13.1 Å². The zero-order chi connectivity index (χ0) is 11.3. The lowest BCUT2D eigenvalue weighted by Gasteiger charge is -2.33.